The highest BCUT2D eigenvalue weighted by atomic mass is 16.6. The first-order valence-corrected chi connectivity index (χ1v) is 13.4. The number of dihydropyridines is 1. The van der Waals surface area contributed by atoms with Gasteiger partial charge in [-0.3, -0.25) is 10.1 Å². The van der Waals surface area contributed by atoms with Crippen LogP contribution < -0.4 is 15.0 Å². The van der Waals surface area contributed by atoms with Crippen molar-refractivity contribution in [3.05, 3.63) is 80.7 Å². The summed E-state index contributed by atoms with van der Waals surface area (Å²) in [5.41, 5.74) is 2.17. The van der Waals surface area contributed by atoms with E-state index in [-0.39, 0.29) is 28.1 Å². The number of allylic oxidation sites excluding steroid dienone is 2. The third kappa shape index (κ3) is 7.36. The monoisotopic (exact) mass is 567 g/mol. The van der Waals surface area contributed by atoms with Crippen LogP contribution in [0.15, 0.2) is 65.0 Å². The number of nitro benzene ring substituents is 1. The molecule has 0 spiro atoms. The van der Waals surface area contributed by atoms with Gasteiger partial charge in [-0.1, -0.05) is 13.0 Å². The molecule has 11 heteroatoms. The molecule has 11 nitrogen and oxygen atoms in total. The lowest BCUT2D eigenvalue weighted by atomic mass is 9.80. The highest BCUT2D eigenvalue weighted by molar-refractivity contribution is 6.00. The number of carbonyl (C=O) groups excluding carboxylic acids is 2. The molecule has 0 aromatic heterocycles. The Balaban J connectivity index is 1.89. The first kappa shape index (κ1) is 31.0. The number of rotatable bonds is 13. The number of benzene rings is 2. The van der Waals surface area contributed by atoms with Crippen LogP contribution in [0.2, 0.25) is 0 Å². The molecule has 220 valence electrons. The maximum atomic E-state index is 12.9. The van der Waals surface area contributed by atoms with Gasteiger partial charge in [-0.25, -0.2) is 9.59 Å². The molecule has 1 aliphatic rings. The van der Waals surface area contributed by atoms with Gasteiger partial charge in [0, 0.05) is 53.9 Å². The summed E-state index contributed by atoms with van der Waals surface area (Å²) >= 11 is 0. The second kappa shape index (κ2) is 14.2. The molecule has 0 radical (unpaired) electrons. The van der Waals surface area contributed by atoms with Crippen molar-refractivity contribution in [3.8, 4) is 11.5 Å². The van der Waals surface area contributed by atoms with Crippen LogP contribution in [0.3, 0.4) is 0 Å². The third-order valence-corrected chi connectivity index (χ3v) is 6.85. The highest BCUT2D eigenvalue weighted by Gasteiger charge is 2.39. The molecule has 0 saturated heterocycles. The standard InChI is InChI=1S/C30H37N3O8/c1-6-14-32(21-10-9-11-23(34)17-21)15-7-8-16-41-25-13-12-22(33(37)38)18-24(25)28-26(29(35)39-4)19(2)31-20(3)27(28)30(36)40-5/h9-13,17-18,28,31,34H,6-8,14-16H2,1-5H3. The van der Waals surface area contributed by atoms with Crippen LogP contribution in [0.25, 0.3) is 0 Å². The third-order valence-electron chi connectivity index (χ3n) is 6.85. The fourth-order valence-corrected chi connectivity index (χ4v) is 4.99. The summed E-state index contributed by atoms with van der Waals surface area (Å²) in [6, 6.07) is 11.3. The molecular formula is C30H37N3O8. The number of unbranched alkanes of at least 4 members (excludes halogenated alkanes) is 1. The van der Waals surface area contributed by atoms with Crippen LogP contribution >= 0.6 is 0 Å². The first-order chi connectivity index (χ1) is 19.6. The number of non-ortho nitro benzene ring substituents is 1. The number of hydrogen-bond donors (Lipinski definition) is 2. The van der Waals surface area contributed by atoms with E-state index in [2.05, 4.69) is 17.1 Å². The molecular weight excluding hydrogens is 530 g/mol. The molecule has 0 aliphatic carbocycles. The van der Waals surface area contributed by atoms with Gasteiger partial charge >= 0.3 is 11.9 Å². The Morgan fingerprint density at radius 2 is 1.66 bits per heavy atom. The van der Waals surface area contributed by atoms with E-state index in [9.17, 15) is 24.8 Å². The fourth-order valence-electron chi connectivity index (χ4n) is 4.99. The van der Waals surface area contributed by atoms with E-state index in [1.807, 2.05) is 12.1 Å². The molecule has 0 amide bonds. The SMILES string of the molecule is CCCN(CCCCOc1ccc([N+](=O)[O-])cc1C1C(C(=O)OC)=C(C)NC(C)=C1C(=O)OC)c1cccc(O)c1. The van der Waals surface area contributed by atoms with Gasteiger partial charge in [0.05, 0.1) is 42.8 Å². The number of esters is 2. The number of aromatic hydroxyl groups is 1. The van der Waals surface area contributed by atoms with Crippen LogP contribution in [-0.4, -0.2) is 55.9 Å². The number of ether oxygens (including phenoxy) is 3. The molecule has 2 N–H and O–H groups in total. The predicted molar refractivity (Wildman–Crippen MR) is 154 cm³/mol. The van der Waals surface area contributed by atoms with Gasteiger partial charge in [-0.05, 0) is 51.3 Å². The number of carbonyl (C=O) groups is 2. The Morgan fingerprint density at radius 3 is 2.22 bits per heavy atom. The predicted octanol–water partition coefficient (Wildman–Crippen LogP) is 4.96. The Hall–Kier alpha value is -4.54. The highest BCUT2D eigenvalue weighted by Crippen LogP contribution is 2.44. The van der Waals surface area contributed by atoms with Crippen LogP contribution in [-0.2, 0) is 19.1 Å². The minimum atomic E-state index is -1.02. The van der Waals surface area contributed by atoms with Crippen molar-refractivity contribution in [1.29, 1.82) is 0 Å². The molecule has 0 saturated carbocycles. The number of phenols is 1. The summed E-state index contributed by atoms with van der Waals surface area (Å²) in [7, 11) is 2.46. The van der Waals surface area contributed by atoms with Crippen molar-refractivity contribution in [2.75, 3.05) is 38.8 Å². The van der Waals surface area contributed by atoms with E-state index >= 15 is 0 Å². The van der Waals surface area contributed by atoms with Gasteiger partial charge in [-0.2, -0.15) is 0 Å². The number of phenolic OH excluding ortho intramolecular Hbond substituents is 1. The van der Waals surface area contributed by atoms with E-state index < -0.39 is 22.8 Å². The van der Waals surface area contributed by atoms with E-state index in [0.717, 1.165) is 31.6 Å². The second-order valence-electron chi connectivity index (χ2n) is 9.66. The first-order valence-electron chi connectivity index (χ1n) is 13.4. The summed E-state index contributed by atoms with van der Waals surface area (Å²) in [6.45, 7) is 7.30. The Kier molecular flexibility index (Phi) is 10.7. The van der Waals surface area contributed by atoms with Gasteiger partial charge in [0.25, 0.3) is 5.69 Å². The normalized spacial score (nSPS) is 13.5. The zero-order valence-electron chi connectivity index (χ0n) is 24.1. The lowest BCUT2D eigenvalue weighted by Gasteiger charge is -2.30. The van der Waals surface area contributed by atoms with Crippen molar-refractivity contribution in [1.82, 2.24) is 5.32 Å². The zero-order chi connectivity index (χ0) is 30.1. The van der Waals surface area contributed by atoms with Crippen LogP contribution in [0.1, 0.15) is 51.5 Å². The Bertz CT molecular complexity index is 1310. The maximum absolute atomic E-state index is 12.9. The van der Waals surface area contributed by atoms with Gasteiger partial charge in [0.15, 0.2) is 0 Å². The molecule has 1 aliphatic heterocycles. The van der Waals surface area contributed by atoms with Gasteiger partial charge in [-0.15, -0.1) is 0 Å². The van der Waals surface area contributed by atoms with Crippen molar-refractivity contribution >= 4 is 23.3 Å². The van der Waals surface area contributed by atoms with Crippen LogP contribution in [0, 0.1) is 10.1 Å². The average Bonchev–Trinajstić information content (AvgIpc) is 2.95. The molecule has 0 fully saturated rings. The van der Waals surface area contributed by atoms with Crippen molar-refractivity contribution in [2.24, 2.45) is 0 Å². The van der Waals surface area contributed by atoms with Gasteiger partial charge < -0.3 is 29.5 Å². The molecule has 1 heterocycles. The van der Waals surface area contributed by atoms with E-state index in [0.29, 0.717) is 30.2 Å². The zero-order valence-corrected chi connectivity index (χ0v) is 24.1. The van der Waals surface area contributed by atoms with Crippen molar-refractivity contribution in [2.45, 2.75) is 46.0 Å². The quantitative estimate of drug-likeness (QED) is 0.148. The summed E-state index contributed by atoms with van der Waals surface area (Å²) in [6.07, 6.45) is 2.39. The number of methoxy groups -OCH3 is 2. The largest absolute Gasteiger partial charge is 0.508 e. The van der Waals surface area contributed by atoms with Gasteiger partial charge in [0.2, 0.25) is 0 Å². The van der Waals surface area contributed by atoms with E-state index in [1.165, 1.54) is 32.4 Å². The van der Waals surface area contributed by atoms with Crippen molar-refractivity contribution < 1.29 is 33.8 Å². The number of nitro groups is 1. The molecule has 0 unspecified atom stereocenters. The summed E-state index contributed by atoms with van der Waals surface area (Å²) in [5, 5.41) is 24.6. The minimum absolute atomic E-state index is 0.130. The van der Waals surface area contributed by atoms with Crippen LogP contribution in [0.5, 0.6) is 11.5 Å². The van der Waals surface area contributed by atoms with E-state index in [4.69, 9.17) is 14.2 Å². The molecule has 2 aromatic rings. The van der Waals surface area contributed by atoms with Crippen LogP contribution in [0.4, 0.5) is 11.4 Å². The summed E-state index contributed by atoms with van der Waals surface area (Å²) < 4.78 is 16.2. The van der Waals surface area contributed by atoms with Crippen molar-refractivity contribution in [3.63, 3.8) is 0 Å². The number of nitrogens with one attached hydrogen (secondary N) is 1. The number of hydrogen-bond acceptors (Lipinski definition) is 10. The average molecular weight is 568 g/mol. The maximum Gasteiger partial charge on any atom is 0.336 e. The summed E-state index contributed by atoms with van der Waals surface area (Å²) in [4.78, 5) is 39.2. The second-order valence-corrected chi connectivity index (χ2v) is 9.66. The Morgan fingerprint density at radius 1 is 1.00 bits per heavy atom. The smallest absolute Gasteiger partial charge is 0.336 e. The summed E-state index contributed by atoms with van der Waals surface area (Å²) in [5.74, 6) is -1.87. The minimum Gasteiger partial charge on any atom is -0.508 e. The fraction of sp³-hybridized carbons (Fsp3) is 0.400. The topological polar surface area (TPSA) is 140 Å². The molecule has 0 bridgehead atoms. The number of nitrogens with zero attached hydrogens (tertiary/aromatic N) is 2. The van der Waals surface area contributed by atoms with E-state index in [1.54, 1.807) is 26.0 Å². The van der Waals surface area contributed by atoms with Gasteiger partial charge in [0.1, 0.15) is 11.5 Å². The lowest BCUT2D eigenvalue weighted by Crippen LogP contribution is -2.32. The molecule has 2 aromatic carbocycles. The Labute approximate surface area is 239 Å². The lowest BCUT2D eigenvalue weighted by molar-refractivity contribution is -0.384. The molecule has 0 atom stereocenters. The number of anilines is 1. The molecule has 41 heavy (non-hydrogen) atoms. The molecule has 3 rings (SSSR count).